The number of aliphatic hydroxyl groups excluding tert-OH is 1. The molecular formula is C18H16F3N3O3S2. The maximum Gasteiger partial charge on any atom is 0.573 e. The Morgan fingerprint density at radius 3 is 2.45 bits per heavy atom. The van der Waals surface area contributed by atoms with Crippen LogP contribution in [0.25, 0.3) is 0 Å². The van der Waals surface area contributed by atoms with Crippen LogP contribution in [0, 0.1) is 0 Å². The Hall–Kier alpha value is -2.50. The minimum Gasteiger partial charge on any atom is -0.491 e. The third kappa shape index (κ3) is 7.44. The molecule has 3 rings (SSSR count). The monoisotopic (exact) mass is 443 g/mol. The van der Waals surface area contributed by atoms with Crippen molar-refractivity contribution < 1.29 is 27.8 Å². The molecule has 2 N–H and O–H groups in total. The molecule has 0 aliphatic heterocycles. The topological polar surface area (TPSA) is 76.5 Å². The quantitative estimate of drug-likeness (QED) is 0.464. The molecule has 6 nitrogen and oxygen atoms in total. The highest BCUT2D eigenvalue weighted by atomic mass is 32.2. The second-order valence-electron chi connectivity index (χ2n) is 5.66. The van der Waals surface area contributed by atoms with E-state index in [0.29, 0.717) is 26.7 Å². The van der Waals surface area contributed by atoms with Crippen LogP contribution in [0.15, 0.2) is 58.9 Å². The molecule has 3 aromatic rings. The van der Waals surface area contributed by atoms with Crippen molar-refractivity contribution in [3.63, 3.8) is 0 Å². The molecule has 2 aromatic carbocycles. The van der Waals surface area contributed by atoms with Crippen LogP contribution in [0.3, 0.4) is 0 Å². The molecule has 0 spiro atoms. The number of aliphatic hydroxyl groups is 1. The second kappa shape index (κ2) is 9.81. The highest BCUT2D eigenvalue weighted by Gasteiger charge is 2.30. The summed E-state index contributed by atoms with van der Waals surface area (Å²) in [6.07, 6.45) is -5.40. The first-order valence-corrected chi connectivity index (χ1v) is 10.1. The van der Waals surface area contributed by atoms with E-state index in [2.05, 4.69) is 20.3 Å². The zero-order valence-corrected chi connectivity index (χ0v) is 16.4. The fraction of sp³-hybridized carbons (Fsp3) is 0.222. The number of alkyl halides is 3. The summed E-state index contributed by atoms with van der Waals surface area (Å²) in [5, 5.41) is 21.4. The number of benzene rings is 2. The van der Waals surface area contributed by atoms with Gasteiger partial charge in [0.1, 0.15) is 18.1 Å². The molecule has 1 atom stereocenters. The van der Waals surface area contributed by atoms with Crippen LogP contribution in [0.5, 0.6) is 11.5 Å². The molecule has 1 heterocycles. The van der Waals surface area contributed by atoms with Crippen LogP contribution in [0.1, 0.15) is 0 Å². The minimum atomic E-state index is -4.73. The Morgan fingerprint density at radius 2 is 1.76 bits per heavy atom. The van der Waals surface area contributed by atoms with Crippen LogP contribution in [-0.2, 0) is 0 Å². The largest absolute Gasteiger partial charge is 0.573 e. The molecule has 0 saturated carbocycles. The Morgan fingerprint density at radius 1 is 1.03 bits per heavy atom. The predicted octanol–water partition coefficient (Wildman–Crippen LogP) is 4.71. The average molecular weight is 443 g/mol. The summed E-state index contributed by atoms with van der Waals surface area (Å²) < 4.78 is 46.5. The third-order valence-corrected chi connectivity index (χ3v) is 5.45. The Labute approximate surface area is 172 Å². The number of anilines is 2. The van der Waals surface area contributed by atoms with E-state index in [1.807, 2.05) is 30.3 Å². The lowest BCUT2D eigenvalue weighted by molar-refractivity contribution is -0.274. The van der Waals surface area contributed by atoms with Crippen LogP contribution >= 0.6 is 23.1 Å². The number of halogens is 3. The lowest BCUT2D eigenvalue weighted by atomic mass is 10.3. The molecule has 0 aliphatic rings. The van der Waals surface area contributed by atoms with Gasteiger partial charge in [-0.1, -0.05) is 41.3 Å². The molecule has 0 aliphatic carbocycles. The third-order valence-electron chi connectivity index (χ3n) is 3.33. The van der Waals surface area contributed by atoms with Gasteiger partial charge in [0.2, 0.25) is 5.13 Å². The predicted molar refractivity (Wildman–Crippen MR) is 105 cm³/mol. The van der Waals surface area contributed by atoms with E-state index < -0.39 is 12.5 Å². The first-order chi connectivity index (χ1) is 13.9. The summed E-state index contributed by atoms with van der Waals surface area (Å²) in [7, 11) is 0. The Bertz CT molecular complexity index is 893. The number of aromatic nitrogens is 2. The maximum absolute atomic E-state index is 12.2. The van der Waals surface area contributed by atoms with Crippen molar-refractivity contribution in [1.82, 2.24) is 10.2 Å². The fourth-order valence-corrected chi connectivity index (χ4v) is 3.81. The van der Waals surface area contributed by atoms with Crippen LogP contribution < -0.4 is 14.8 Å². The van der Waals surface area contributed by atoms with E-state index in [1.165, 1.54) is 47.4 Å². The van der Waals surface area contributed by atoms with E-state index in [1.54, 1.807) is 0 Å². The standard InChI is InChI=1S/C18H16F3N3O3S2/c19-18(20,21)27-15-8-6-12(7-9-15)22-16-23-24-17(29-16)28-11-13(25)10-26-14-4-2-1-3-5-14/h1-9,13,25H,10-11H2,(H,22,23). The van der Waals surface area contributed by atoms with Gasteiger partial charge in [0.05, 0.1) is 6.10 Å². The normalized spacial score (nSPS) is 12.4. The molecule has 0 bridgehead atoms. The van der Waals surface area contributed by atoms with Gasteiger partial charge in [0.15, 0.2) is 4.34 Å². The molecule has 29 heavy (non-hydrogen) atoms. The summed E-state index contributed by atoms with van der Waals surface area (Å²) in [5.74, 6) is 0.763. The number of thioether (sulfide) groups is 1. The highest BCUT2D eigenvalue weighted by Crippen LogP contribution is 2.29. The van der Waals surface area contributed by atoms with Crippen molar-refractivity contribution in [3.05, 3.63) is 54.6 Å². The molecule has 0 radical (unpaired) electrons. The number of para-hydroxylation sites is 1. The minimum absolute atomic E-state index is 0.160. The van der Waals surface area contributed by atoms with E-state index in [9.17, 15) is 18.3 Å². The zero-order chi connectivity index (χ0) is 20.7. The molecule has 154 valence electrons. The van der Waals surface area contributed by atoms with Gasteiger partial charge < -0.3 is 19.9 Å². The molecule has 0 fully saturated rings. The molecule has 11 heteroatoms. The summed E-state index contributed by atoms with van der Waals surface area (Å²) in [5.41, 5.74) is 0.545. The molecule has 1 unspecified atom stereocenters. The first kappa shape index (κ1) is 21.2. The second-order valence-corrected chi connectivity index (χ2v) is 7.90. The van der Waals surface area contributed by atoms with Crippen molar-refractivity contribution in [2.75, 3.05) is 17.7 Å². The van der Waals surface area contributed by atoms with Gasteiger partial charge >= 0.3 is 6.36 Å². The van der Waals surface area contributed by atoms with Gasteiger partial charge in [0.25, 0.3) is 0 Å². The maximum atomic E-state index is 12.2. The Kier molecular flexibility index (Phi) is 7.18. The first-order valence-electron chi connectivity index (χ1n) is 8.32. The SMILES string of the molecule is OC(COc1ccccc1)CSc1nnc(Nc2ccc(OC(F)(F)F)cc2)s1. The fourth-order valence-electron chi connectivity index (χ4n) is 2.11. The Balaban J connectivity index is 1.44. The van der Waals surface area contributed by atoms with Gasteiger partial charge in [-0.3, -0.25) is 0 Å². The number of nitrogens with zero attached hydrogens (tertiary/aromatic N) is 2. The smallest absolute Gasteiger partial charge is 0.491 e. The van der Waals surface area contributed by atoms with E-state index in [4.69, 9.17) is 4.74 Å². The summed E-state index contributed by atoms with van der Waals surface area (Å²) in [4.78, 5) is 0. The van der Waals surface area contributed by atoms with Gasteiger partial charge in [-0.05, 0) is 36.4 Å². The number of nitrogens with one attached hydrogen (secondary N) is 1. The van der Waals surface area contributed by atoms with E-state index in [0.717, 1.165) is 0 Å². The highest BCUT2D eigenvalue weighted by molar-refractivity contribution is 8.01. The lowest BCUT2D eigenvalue weighted by Gasteiger charge is -2.10. The number of ether oxygens (including phenoxy) is 2. The van der Waals surface area contributed by atoms with Crippen LogP contribution in [0.2, 0.25) is 0 Å². The van der Waals surface area contributed by atoms with Gasteiger partial charge in [-0.15, -0.1) is 23.4 Å². The molecule has 0 saturated heterocycles. The summed E-state index contributed by atoms with van der Waals surface area (Å²) in [6.45, 7) is 0.160. The van der Waals surface area contributed by atoms with Gasteiger partial charge in [-0.25, -0.2) is 0 Å². The van der Waals surface area contributed by atoms with Gasteiger partial charge in [-0.2, -0.15) is 0 Å². The number of rotatable bonds is 9. The molecule has 1 aromatic heterocycles. The molecular weight excluding hydrogens is 427 g/mol. The van der Waals surface area contributed by atoms with Crippen LogP contribution in [0.4, 0.5) is 24.0 Å². The van der Waals surface area contributed by atoms with Crippen molar-refractivity contribution >= 4 is 33.9 Å². The van der Waals surface area contributed by atoms with Crippen molar-refractivity contribution in [3.8, 4) is 11.5 Å². The lowest BCUT2D eigenvalue weighted by Crippen LogP contribution is -2.19. The van der Waals surface area contributed by atoms with Crippen molar-refractivity contribution in [1.29, 1.82) is 0 Å². The zero-order valence-electron chi connectivity index (χ0n) is 14.8. The summed E-state index contributed by atoms with van der Waals surface area (Å²) in [6, 6.07) is 14.5. The van der Waals surface area contributed by atoms with Crippen molar-refractivity contribution in [2.45, 2.75) is 16.8 Å². The average Bonchev–Trinajstić information content (AvgIpc) is 3.13. The van der Waals surface area contributed by atoms with Crippen molar-refractivity contribution in [2.24, 2.45) is 0 Å². The molecule has 0 amide bonds. The van der Waals surface area contributed by atoms with E-state index >= 15 is 0 Å². The van der Waals surface area contributed by atoms with Gasteiger partial charge in [0, 0.05) is 11.4 Å². The van der Waals surface area contributed by atoms with E-state index in [-0.39, 0.29) is 12.4 Å². The number of hydrogen-bond acceptors (Lipinski definition) is 8. The summed E-state index contributed by atoms with van der Waals surface area (Å²) >= 11 is 2.60. The number of hydrogen-bond donors (Lipinski definition) is 2. The van der Waals surface area contributed by atoms with Crippen LogP contribution in [-0.4, -0.2) is 40.1 Å².